The summed E-state index contributed by atoms with van der Waals surface area (Å²) in [6, 6.07) is 0. The van der Waals surface area contributed by atoms with Crippen LogP contribution in [0.1, 0.15) is 6.92 Å². The zero-order chi connectivity index (χ0) is 5.54. The third-order valence-corrected chi connectivity index (χ3v) is 0.585. The molecule has 0 aromatic carbocycles. The van der Waals surface area contributed by atoms with Gasteiger partial charge in [0.15, 0.2) is 0 Å². The summed E-state index contributed by atoms with van der Waals surface area (Å²) in [4.78, 5) is 0. The second-order valence-electron chi connectivity index (χ2n) is 1.13. The van der Waals surface area contributed by atoms with Gasteiger partial charge in [-0.2, -0.15) is 0 Å². The number of hydrogen-bond donors (Lipinski definition) is 0. The molecule has 0 saturated heterocycles. The quantitative estimate of drug-likeness (QED) is 0.486. The monoisotopic (exact) mass is 99.1 g/mol. The van der Waals surface area contributed by atoms with Crippen LogP contribution >= 0.6 is 0 Å². The Bertz CT molecular complexity index is 48.1. The Morgan fingerprint density at radius 2 is 2.43 bits per heavy atom. The number of allylic oxidation sites excluding steroid dienone is 1. The van der Waals surface area contributed by atoms with E-state index in [2.05, 4.69) is 6.92 Å². The van der Waals surface area contributed by atoms with E-state index in [0.29, 0.717) is 6.61 Å². The van der Waals surface area contributed by atoms with Crippen molar-refractivity contribution in [2.75, 3.05) is 13.2 Å². The maximum atomic E-state index is 4.95. The Kier molecular flexibility index (Phi) is 5.46. The van der Waals surface area contributed by atoms with E-state index in [4.69, 9.17) is 4.74 Å². The number of rotatable bonds is 3. The van der Waals surface area contributed by atoms with Crippen LogP contribution < -0.4 is 0 Å². The molecule has 0 aliphatic heterocycles. The summed E-state index contributed by atoms with van der Waals surface area (Å²) in [6.45, 7) is 6.94. The predicted molar refractivity (Wildman–Crippen MR) is 31.0 cm³/mol. The van der Waals surface area contributed by atoms with E-state index in [0.717, 1.165) is 6.61 Å². The van der Waals surface area contributed by atoms with E-state index in [1.54, 1.807) is 6.08 Å². The lowest BCUT2D eigenvalue weighted by atomic mass is 10.5. The van der Waals surface area contributed by atoms with E-state index >= 15 is 0 Å². The summed E-state index contributed by atoms with van der Waals surface area (Å²) in [5, 5.41) is 0. The molecule has 0 N–H and O–H groups in total. The molecule has 0 aliphatic rings. The van der Waals surface area contributed by atoms with Crippen molar-refractivity contribution >= 4 is 0 Å². The van der Waals surface area contributed by atoms with Gasteiger partial charge in [0.1, 0.15) is 0 Å². The minimum Gasteiger partial charge on any atom is -0.378 e. The van der Waals surface area contributed by atoms with Crippen LogP contribution in [-0.2, 0) is 4.74 Å². The van der Waals surface area contributed by atoms with Gasteiger partial charge < -0.3 is 4.74 Å². The summed E-state index contributed by atoms with van der Waals surface area (Å²) in [7, 11) is 0. The van der Waals surface area contributed by atoms with Crippen molar-refractivity contribution in [3.63, 3.8) is 0 Å². The molecule has 1 heteroatoms. The van der Waals surface area contributed by atoms with Crippen molar-refractivity contribution in [3.05, 3.63) is 19.1 Å². The van der Waals surface area contributed by atoms with Gasteiger partial charge in [-0.15, -0.1) is 0 Å². The van der Waals surface area contributed by atoms with Gasteiger partial charge in [-0.05, 0) is 13.8 Å². The first-order valence-corrected chi connectivity index (χ1v) is 2.43. The molecule has 0 aromatic heterocycles. The van der Waals surface area contributed by atoms with E-state index in [9.17, 15) is 0 Å². The average molecular weight is 99.2 g/mol. The molecular weight excluding hydrogens is 88.1 g/mol. The predicted octanol–water partition coefficient (Wildman–Crippen LogP) is 1.41. The second kappa shape index (κ2) is 5.70. The molecule has 41 valence electrons. The fraction of sp³-hybridized carbons (Fsp3) is 0.500. The highest BCUT2D eigenvalue weighted by Gasteiger charge is 1.70. The third-order valence-electron chi connectivity index (χ3n) is 0.585. The lowest BCUT2D eigenvalue weighted by Crippen LogP contribution is -1.86. The fourth-order valence-corrected chi connectivity index (χ4v) is 0.254. The van der Waals surface area contributed by atoms with Gasteiger partial charge in [-0.25, -0.2) is 0 Å². The van der Waals surface area contributed by atoms with E-state index in [1.165, 1.54) is 0 Å². The first kappa shape index (κ1) is 6.70. The molecule has 1 nitrogen and oxygen atoms in total. The molecule has 0 spiro atoms. The van der Waals surface area contributed by atoms with Crippen LogP contribution in [0, 0.1) is 6.92 Å². The maximum Gasteiger partial charge on any atom is 0.0647 e. The summed E-state index contributed by atoms with van der Waals surface area (Å²) in [5.74, 6) is 0. The van der Waals surface area contributed by atoms with Crippen molar-refractivity contribution < 1.29 is 4.74 Å². The average Bonchev–Trinajstić information content (AvgIpc) is 1.69. The van der Waals surface area contributed by atoms with Crippen molar-refractivity contribution in [3.8, 4) is 0 Å². The topological polar surface area (TPSA) is 9.23 Å². The molecule has 0 rings (SSSR count). The Morgan fingerprint density at radius 3 is 2.86 bits per heavy atom. The first-order valence-electron chi connectivity index (χ1n) is 2.43. The molecule has 0 saturated carbocycles. The smallest absolute Gasteiger partial charge is 0.0647 e. The minimum atomic E-state index is 0.694. The molecule has 0 unspecified atom stereocenters. The molecule has 7 heavy (non-hydrogen) atoms. The molecule has 0 amide bonds. The van der Waals surface area contributed by atoms with Crippen molar-refractivity contribution in [2.45, 2.75) is 6.92 Å². The van der Waals surface area contributed by atoms with Gasteiger partial charge in [-0.3, -0.25) is 0 Å². The van der Waals surface area contributed by atoms with Crippen LogP contribution in [0.5, 0.6) is 0 Å². The largest absolute Gasteiger partial charge is 0.378 e. The molecule has 0 bridgehead atoms. The normalized spacial score (nSPS) is 10.6. The summed E-state index contributed by atoms with van der Waals surface area (Å²) in [6.07, 6.45) is 3.61. The van der Waals surface area contributed by atoms with Crippen LogP contribution in [0.2, 0.25) is 0 Å². The molecule has 0 fully saturated rings. The Hall–Kier alpha value is -0.300. The first-order chi connectivity index (χ1) is 3.41. The Labute approximate surface area is 45.0 Å². The van der Waals surface area contributed by atoms with Gasteiger partial charge in [0.25, 0.3) is 0 Å². The fourth-order valence-electron chi connectivity index (χ4n) is 0.254. The Morgan fingerprint density at radius 1 is 1.71 bits per heavy atom. The van der Waals surface area contributed by atoms with E-state index in [1.807, 2.05) is 13.0 Å². The van der Waals surface area contributed by atoms with Gasteiger partial charge >= 0.3 is 0 Å². The van der Waals surface area contributed by atoms with Crippen molar-refractivity contribution in [1.82, 2.24) is 0 Å². The van der Waals surface area contributed by atoms with Crippen molar-refractivity contribution in [1.29, 1.82) is 0 Å². The number of hydrogen-bond acceptors (Lipinski definition) is 1. The molecular formula is C6H11O. The highest BCUT2D eigenvalue weighted by atomic mass is 16.5. The van der Waals surface area contributed by atoms with Crippen LogP contribution in [0.15, 0.2) is 12.2 Å². The lowest BCUT2D eigenvalue weighted by molar-refractivity contribution is 0.177. The van der Waals surface area contributed by atoms with Crippen LogP contribution in [0.3, 0.4) is 0 Å². The number of ether oxygens (including phenoxy) is 1. The second-order valence-corrected chi connectivity index (χ2v) is 1.13. The van der Waals surface area contributed by atoms with E-state index < -0.39 is 0 Å². The van der Waals surface area contributed by atoms with Gasteiger partial charge in [-0.1, -0.05) is 12.2 Å². The van der Waals surface area contributed by atoms with Gasteiger partial charge in [0.05, 0.1) is 6.61 Å². The Balaban J connectivity index is 2.69. The van der Waals surface area contributed by atoms with E-state index in [-0.39, 0.29) is 0 Å². The summed E-state index contributed by atoms with van der Waals surface area (Å²) < 4.78 is 4.95. The molecule has 0 aliphatic carbocycles. The highest BCUT2D eigenvalue weighted by molar-refractivity contribution is 4.82. The van der Waals surface area contributed by atoms with Crippen LogP contribution in [0.4, 0.5) is 0 Å². The third kappa shape index (κ3) is 5.70. The maximum absolute atomic E-state index is 4.95. The molecule has 1 radical (unpaired) electrons. The van der Waals surface area contributed by atoms with Crippen molar-refractivity contribution in [2.24, 2.45) is 0 Å². The molecule has 0 atom stereocenters. The van der Waals surface area contributed by atoms with Crippen LogP contribution in [0.25, 0.3) is 0 Å². The highest BCUT2D eigenvalue weighted by Crippen LogP contribution is 1.73. The minimum absolute atomic E-state index is 0.694. The summed E-state index contributed by atoms with van der Waals surface area (Å²) >= 11 is 0. The van der Waals surface area contributed by atoms with Crippen LogP contribution in [-0.4, -0.2) is 13.2 Å². The molecule has 0 aromatic rings. The zero-order valence-electron chi connectivity index (χ0n) is 4.68. The standard InChI is InChI=1S/C6H11O/c1-3-5-6-7-4-2/h3,5H,1,4,6H2,2H3/b5-3+. The summed E-state index contributed by atoms with van der Waals surface area (Å²) in [5.41, 5.74) is 0. The van der Waals surface area contributed by atoms with Gasteiger partial charge in [0.2, 0.25) is 0 Å². The molecule has 0 heterocycles. The lowest BCUT2D eigenvalue weighted by Gasteiger charge is -1.89. The van der Waals surface area contributed by atoms with Gasteiger partial charge in [0, 0.05) is 6.61 Å². The SMILES string of the molecule is [CH2]/C=C/COCC. The zero-order valence-corrected chi connectivity index (χ0v) is 4.68.